The molecule has 1 amide bonds. The van der Waals surface area contributed by atoms with Crippen LogP contribution in [0.15, 0.2) is 22.7 Å². The number of hydrogen-bond acceptors (Lipinski definition) is 8. The van der Waals surface area contributed by atoms with Gasteiger partial charge in [-0.15, -0.1) is 0 Å². The van der Waals surface area contributed by atoms with Gasteiger partial charge in [0, 0.05) is 55.1 Å². The van der Waals surface area contributed by atoms with Crippen LogP contribution in [0.25, 0.3) is 11.5 Å². The van der Waals surface area contributed by atoms with Gasteiger partial charge in [0.1, 0.15) is 0 Å². The van der Waals surface area contributed by atoms with Crippen molar-refractivity contribution < 1.29 is 14.1 Å². The number of nitrogens with one attached hydrogen (secondary N) is 2. The van der Waals surface area contributed by atoms with E-state index in [0.717, 1.165) is 49.2 Å². The van der Waals surface area contributed by atoms with E-state index in [4.69, 9.17) is 14.7 Å². The molecule has 9 heteroatoms. The Balaban J connectivity index is 1.28. The van der Waals surface area contributed by atoms with E-state index in [2.05, 4.69) is 20.4 Å². The zero-order valence-electron chi connectivity index (χ0n) is 17.5. The van der Waals surface area contributed by atoms with Crippen LogP contribution in [0.4, 0.5) is 11.6 Å². The fourth-order valence-electron chi connectivity index (χ4n) is 4.19. The van der Waals surface area contributed by atoms with E-state index in [1.165, 1.54) is 12.6 Å². The summed E-state index contributed by atoms with van der Waals surface area (Å²) in [7, 11) is 0. The Hall–Kier alpha value is -2.94. The fourth-order valence-corrected chi connectivity index (χ4v) is 4.19. The van der Waals surface area contributed by atoms with Crippen molar-refractivity contribution in [2.75, 3.05) is 49.6 Å². The van der Waals surface area contributed by atoms with Crippen molar-refractivity contribution in [3.05, 3.63) is 23.8 Å². The molecule has 1 saturated carbocycles. The first kappa shape index (κ1) is 20.0. The average Bonchev–Trinajstić information content (AvgIpc) is 3.07. The third kappa shape index (κ3) is 4.14. The first-order chi connectivity index (χ1) is 15.2. The van der Waals surface area contributed by atoms with Crippen molar-refractivity contribution in [3.63, 3.8) is 0 Å². The second-order valence-electron chi connectivity index (χ2n) is 8.52. The highest BCUT2D eigenvalue weighted by Crippen LogP contribution is 2.29. The van der Waals surface area contributed by atoms with Crippen LogP contribution in [0, 0.1) is 11.3 Å². The van der Waals surface area contributed by atoms with Crippen LogP contribution in [-0.2, 0) is 9.53 Å². The standard InChI is InChI=1S/C22H28N6O3/c23-12-17-6-5-16(11-19(17)24-18-13-30-14-18)20-25-22(26-31-20)28-8-2-7-27(9-10-28)21(29)15-3-1-4-15/h5-6,11-12,15,18,23-24H,1-4,7-10,13-14H2. The summed E-state index contributed by atoms with van der Waals surface area (Å²) in [6.45, 7) is 4.34. The molecule has 31 heavy (non-hydrogen) atoms. The summed E-state index contributed by atoms with van der Waals surface area (Å²) in [5, 5.41) is 15.3. The summed E-state index contributed by atoms with van der Waals surface area (Å²) in [5.41, 5.74) is 2.48. The van der Waals surface area contributed by atoms with E-state index >= 15 is 0 Å². The van der Waals surface area contributed by atoms with Gasteiger partial charge in [-0.05, 0) is 36.6 Å². The molecule has 0 spiro atoms. The molecule has 1 aromatic carbocycles. The number of benzene rings is 1. The third-order valence-electron chi connectivity index (χ3n) is 6.41. The molecular formula is C22H28N6O3. The van der Waals surface area contributed by atoms with Crippen LogP contribution in [0.2, 0.25) is 0 Å². The van der Waals surface area contributed by atoms with Gasteiger partial charge in [0.15, 0.2) is 0 Å². The lowest BCUT2D eigenvalue weighted by Crippen LogP contribution is -2.41. The van der Waals surface area contributed by atoms with Gasteiger partial charge < -0.3 is 29.8 Å². The Kier molecular flexibility index (Phi) is 5.59. The highest BCUT2D eigenvalue weighted by atomic mass is 16.5. The number of anilines is 2. The topological polar surface area (TPSA) is 108 Å². The lowest BCUT2D eigenvalue weighted by atomic mass is 9.84. The zero-order valence-corrected chi connectivity index (χ0v) is 17.5. The zero-order chi connectivity index (χ0) is 21.2. The van der Waals surface area contributed by atoms with Crippen LogP contribution >= 0.6 is 0 Å². The fraction of sp³-hybridized carbons (Fsp3) is 0.545. The number of ether oxygens (including phenoxy) is 1. The smallest absolute Gasteiger partial charge is 0.266 e. The first-order valence-electron chi connectivity index (χ1n) is 11.1. The number of nitrogens with zero attached hydrogens (tertiary/aromatic N) is 4. The highest BCUT2D eigenvalue weighted by Gasteiger charge is 2.31. The maximum Gasteiger partial charge on any atom is 0.266 e. The summed E-state index contributed by atoms with van der Waals surface area (Å²) < 4.78 is 10.8. The predicted molar refractivity (Wildman–Crippen MR) is 117 cm³/mol. The molecule has 9 nitrogen and oxygen atoms in total. The van der Waals surface area contributed by atoms with Gasteiger partial charge >= 0.3 is 0 Å². The monoisotopic (exact) mass is 424 g/mol. The van der Waals surface area contributed by atoms with Crippen LogP contribution in [0.3, 0.4) is 0 Å². The average molecular weight is 425 g/mol. The number of carbonyl (C=O) groups is 1. The second kappa shape index (κ2) is 8.66. The molecule has 2 aromatic rings. The van der Waals surface area contributed by atoms with E-state index in [1.807, 2.05) is 23.1 Å². The minimum absolute atomic E-state index is 0.238. The molecule has 0 atom stereocenters. The molecule has 1 aromatic heterocycles. The van der Waals surface area contributed by atoms with Crippen molar-refractivity contribution in [2.24, 2.45) is 5.92 Å². The second-order valence-corrected chi connectivity index (χ2v) is 8.52. The molecule has 2 N–H and O–H groups in total. The summed E-state index contributed by atoms with van der Waals surface area (Å²) in [4.78, 5) is 21.3. The van der Waals surface area contributed by atoms with E-state index < -0.39 is 0 Å². The molecule has 164 valence electrons. The molecule has 0 radical (unpaired) electrons. The van der Waals surface area contributed by atoms with Crippen molar-refractivity contribution in [2.45, 2.75) is 31.7 Å². The maximum atomic E-state index is 12.6. The number of rotatable bonds is 6. The summed E-state index contributed by atoms with van der Waals surface area (Å²) >= 11 is 0. The molecule has 3 heterocycles. The van der Waals surface area contributed by atoms with E-state index in [9.17, 15) is 4.79 Å². The van der Waals surface area contributed by atoms with Crippen molar-refractivity contribution >= 4 is 23.8 Å². The number of hydrogen-bond donors (Lipinski definition) is 2. The maximum absolute atomic E-state index is 12.6. The Morgan fingerprint density at radius 2 is 2.03 bits per heavy atom. The lowest BCUT2D eigenvalue weighted by Gasteiger charge is -2.30. The van der Waals surface area contributed by atoms with Crippen molar-refractivity contribution in [1.82, 2.24) is 15.0 Å². The van der Waals surface area contributed by atoms with E-state index in [0.29, 0.717) is 44.0 Å². The Bertz CT molecular complexity index is 952. The summed E-state index contributed by atoms with van der Waals surface area (Å²) in [6, 6.07) is 5.97. The number of amides is 1. The normalized spacial score (nSPS) is 20.0. The third-order valence-corrected chi connectivity index (χ3v) is 6.41. The minimum atomic E-state index is 0.238. The lowest BCUT2D eigenvalue weighted by molar-refractivity contribution is -0.137. The molecule has 5 rings (SSSR count). The molecule has 3 fully saturated rings. The van der Waals surface area contributed by atoms with Crippen molar-refractivity contribution in [1.29, 1.82) is 5.41 Å². The molecule has 2 aliphatic heterocycles. The van der Waals surface area contributed by atoms with Crippen LogP contribution in [0.1, 0.15) is 31.2 Å². The predicted octanol–water partition coefficient (Wildman–Crippen LogP) is 2.38. The van der Waals surface area contributed by atoms with Gasteiger partial charge in [-0.3, -0.25) is 4.79 Å². The largest absolute Gasteiger partial charge is 0.377 e. The van der Waals surface area contributed by atoms with Gasteiger partial charge in [-0.25, -0.2) is 0 Å². The van der Waals surface area contributed by atoms with E-state index in [-0.39, 0.29) is 12.0 Å². The van der Waals surface area contributed by atoms with Gasteiger partial charge in [-0.1, -0.05) is 12.5 Å². The van der Waals surface area contributed by atoms with Crippen LogP contribution < -0.4 is 10.2 Å². The van der Waals surface area contributed by atoms with Crippen molar-refractivity contribution in [3.8, 4) is 11.5 Å². The van der Waals surface area contributed by atoms with Gasteiger partial charge in [0.2, 0.25) is 5.91 Å². The first-order valence-corrected chi connectivity index (χ1v) is 11.1. The summed E-state index contributed by atoms with van der Waals surface area (Å²) in [6.07, 6.45) is 5.48. The quantitative estimate of drug-likeness (QED) is 0.686. The van der Waals surface area contributed by atoms with E-state index in [1.54, 1.807) is 0 Å². The number of carbonyl (C=O) groups excluding carboxylic acids is 1. The van der Waals surface area contributed by atoms with Gasteiger partial charge in [0.25, 0.3) is 11.8 Å². The minimum Gasteiger partial charge on any atom is -0.377 e. The molecule has 0 unspecified atom stereocenters. The van der Waals surface area contributed by atoms with Gasteiger partial charge in [-0.2, -0.15) is 4.98 Å². The molecule has 2 saturated heterocycles. The Morgan fingerprint density at radius 1 is 1.16 bits per heavy atom. The molecule has 1 aliphatic carbocycles. The number of aromatic nitrogens is 2. The van der Waals surface area contributed by atoms with Gasteiger partial charge in [0.05, 0.1) is 19.3 Å². The molecular weight excluding hydrogens is 396 g/mol. The summed E-state index contributed by atoms with van der Waals surface area (Å²) in [5.74, 6) is 1.56. The van der Waals surface area contributed by atoms with Crippen LogP contribution in [0.5, 0.6) is 0 Å². The molecule has 3 aliphatic rings. The van der Waals surface area contributed by atoms with Crippen LogP contribution in [-0.4, -0.2) is 72.6 Å². The Labute approximate surface area is 181 Å². The molecule has 0 bridgehead atoms. The Morgan fingerprint density at radius 3 is 2.74 bits per heavy atom. The highest BCUT2D eigenvalue weighted by molar-refractivity contribution is 5.87. The SMILES string of the molecule is N=Cc1ccc(-c2nc(N3CCCN(C(=O)C4CCC4)CC3)no2)cc1NC1COC1.